The van der Waals surface area contributed by atoms with Crippen LogP contribution in [0, 0.1) is 11.3 Å². The maximum absolute atomic E-state index is 12.9. The summed E-state index contributed by atoms with van der Waals surface area (Å²) in [4.78, 5) is 26.4. The topological polar surface area (TPSA) is 79.2 Å². The molecular formula is C25H24N2O3S. The third kappa shape index (κ3) is 4.89. The monoisotopic (exact) mass is 432 g/mol. The first kappa shape index (κ1) is 22.4. The first-order chi connectivity index (χ1) is 14.8. The predicted molar refractivity (Wildman–Crippen MR) is 122 cm³/mol. The Hall–Kier alpha value is -3.30. The Bertz CT molecular complexity index is 1130. The molecule has 0 fully saturated rings. The van der Waals surface area contributed by atoms with Gasteiger partial charge in [-0.2, -0.15) is 5.26 Å². The van der Waals surface area contributed by atoms with Gasteiger partial charge in [0.05, 0.1) is 6.54 Å². The Labute approximate surface area is 186 Å². The quantitative estimate of drug-likeness (QED) is 0.261. The molecule has 0 aliphatic carbocycles. The van der Waals surface area contributed by atoms with E-state index in [1.807, 2.05) is 24.3 Å². The SMILES string of the molecule is C=C(C)C(=O)OCCNC(=O)/C(C#N)=C1\c2ccccc2Sc2ccc(C(C)C)cc21. The summed E-state index contributed by atoms with van der Waals surface area (Å²) in [5.41, 5.74) is 3.85. The number of hydrogen-bond donors (Lipinski definition) is 1. The molecule has 0 unspecified atom stereocenters. The lowest BCUT2D eigenvalue weighted by molar-refractivity contribution is -0.139. The first-order valence-electron chi connectivity index (χ1n) is 10.00. The summed E-state index contributed by atoms with van der Waals surface area (Å²) in [5.74, 6) is -0.691. The van der Waals surface area contributed by atoms with E-state index in [0.717, 1.165) is 26.5 Å². The minimum Gasteiger partial charge on any atom is -0.460 e. The van der Waals surface area contributed by atoms with Gasteiger partial charge in [-0.25, -0.2) is 4.79 Å². The van der Waals surface area contributed by atoms with Crippen molar-refractivity contribution in [2.24, 2.45) is 0 Å². The summed E-state index contributed by atoms with van der Waals surface area (Å²) in [7, 11) is 0. The largest absolute Gasteiger partial charge is 0.460 e. The molecule has 6 heteroatoms. The molecule has 0 saturated carbocycles. The number of hydrogen-bond acceptors (Lipinski definition) is 5. The van der Waals surface area contributed by atoms with Gasteiger partial charge in [0.25, 0.3) is 5.91 Å². The Balaban J connectivity index is 1.98. The molecule has 1 heterocycles. The molecule has 0 bridgehead atoms. The Kier molecular flexibility index (Phi) is 6.98. The van der Waals surface area contributed by atoms with Crippen LogP contribution in [0.2, 0.25) is 0 Å². The molecule has 1 aliphatic heterocycles. The number of nitrogens with one attached hydrogen (secondary N) is 1. The molecule has 31 heavy (non-hydrogen) atoms. The number of rotatable bonds is 6. The van der Waals surface area contributed by atoms with Crippen LogP contribution in [-0.2, 0) is 14.3 Å². The first-order valence-corrected chi connectivity index (χ1v) is 10.8. The van der Waals surface area contributed by atoms with Gasteiger partial charge in [-0.1, -0.05) is 56.5 Å². The van der Waals surface area contributed by atoms with Crippen LogP contribution >= 0.6 is 11.8 Å². The van der Waals surface area contributed by atoms with Crippen molar-refractivity contribution in [1.29, 1.82) is 5.26 Å². The van der Waals surface area contributed by atoms with E-state index in [1.54, 1.807) is 18.7 Å². The highest BCUT2D eigenvalue weighted by Crippen LogP contribution is 2.47. The summed E-state index contributed by atoms with van der Waals surface area (Å²) in [5, 5.41) is 12.6. The molecule has 5 nitrogen and oxygen atoms in total. The van der Waals surface area contributed by atoms with Crippen LogP contribution < -0.4 is 5.32 Å². The van der Waals surface area contributed by atoms with E-state index in [1.165, 1.54) is 0 Å². The zero-order valence-electron chi connectivity index (χ0n) is 17.8. The van der Waals surface area contributed by atoms with E-state index in [9.17, 15) is 14.9 Å². The third-order valence-electron chi connectivity index (χ3n) is 4.87. The molecule has 1 N–H and O–H groups in total. The zero-order chi connectivity index (χ0) is 22.5. The lowest BCUT2D eigenvalue weighted by Gasteiger charge is -2.24. The highest BCUT2D eigenvalue weighted by atomic mass is 32.2. The number of amides is 1. The fourth-order valence-electron chi connectivity index (χ4n) is 3.23. The number of esters is 1. The number of benzene rings is 2. The maximum Gasteiger partial charge on any atom is 0.333 e. The van der Waals surface area contributed by atoms with Crippen molar-refractivity contribution >= 4 is 29.2 Å². The van der Waals surface area contributed by atoms with E-state index in [-0.39, 0.29) is 18.7 Å². The van der Waals surface area contributed by atoms with Crippen LogP contribution in [-0.4, -0.2) is 25.0 Å². The Morgan fingerprint density at radius 1 is 1.16 bits per heavy atom. The summed E-state index contributed by atoms with van der Waals surface area (Å²) >= 11 is 1.63. The van der Waals surface area contributed by atoms with Gasteiger partial charge in [0.15, 0.2) is 0 Å². The summed E-state index contributed by atoms with van der Waals surface area (Å²) < 4.78 is 5.01. The second-order valence-corrected chi connectivity index (χ2v) is 8.63. The number of fused-ring (bicyclic) bond motifs is 2. The number of nitrogens with zero attached hydrogens (tertiary/aromatic N) is 1. The van der Waals surface area contributed by atoms with E-state index in [0.29, 0.717) is 17.1 Å². The van der Waals surface area contributed by atoms with Crippen molar-refractivity contribution in [2.75, 3.05) is 13.2 Å². The van der Waals surface area contributed by atoms with E-state index in [2.05, 4.69) is 50.0 Å². The summed E-state index contributed by atoms with van der Waals surface area (Å²) in [6.07, 6.45) is 0. The minimum atomic E-state index is -0.513. The molecule has 1 amide bonds. The summed E-state index contributed by atoms with van der Waals surface area (Å²) in [6, 6.07) is 16.1. The number of carbonyl (C=O) groups excluding carboxylic acids is 2. The van der Waals surface area contributed by atoms with Crippen LogP contribution in [0.1, 0.15) is 43.4 Å². The average Bonchev–Trinajstić information content (AvgIpc) is 2.76. The standard InChI is InChI=1S/C25H24N2O3S/c1-15(2)17-9-10-22-19(13-17)23(18-7-5-6-8-21(18)31-22)20(14-26)24(28)27-11-12-30-25(29)16(3)4/h5-10,13,15H,3,11-12H2,1-2,4H3,(H,27,28)/b23-20+. The highest BCUT2D eigenvalue weighted by Gasteiger charge is 2.27. The lowest BCUT2D eigenvalue weighted by atomic mass is 9.89. The smallest absolute Gasteiger partial charge is 0.333 e. The van der Waals surface area contributed by atoms with Gasteiger partial charge < -0.3 is 10.1 Å². The van der Waals surface area contributed by atoms with Gasteiger partial charge in [0.1, 0.15) is 18.2 Å². The normalized spacial score (nSPS) is 13.5. The van der Waals surface area contributed by atoms with Crippen LogP contribution in [0.5, 0.6) is 0 Å². The van der Waals surface area contributed by atoms with Gasteiger partial charge in [-0.05, 0) is 47.7 Å². The molecular weight excluding hydrogens is 408 g/mol. The number of ether oxygens (including phenoxy) is 1. The molecule has 0 atom stereocenters. The number of nitriles is 1. The molecule has 0 saturated heterocycles. The van der Waals surface area contributed by atoms with E-state index >= 15 is 0 Å². The van der Waals surface area contributed by atoms with Gasteiger partial charge in [0, 0.05) is 20.9 Å². The molecule has 1 aliphatic rings. The highest BCUT2D eigenvalue weighted by molar-refractivity contribution is 7.99. The van der Waals surface area contributed by atoms with Crippen molar-refractivity contribution in [3.05, 3.63) is 76.9 Å². The van der Waals surface area contributed by atoms with Gasteiger partial charge in [0.2, 0.25) is 0 Å². The van der Waals surface area contributed by atoms with Crippen molar-refractivity contribution in [3.8, 4) is 6.07 Å². The molecule has 3 rings (SSSR count). The van der Waals surface area contributed by atoms with Gasteiger partial charge in [-0.3, -0.25) is 4.79 Å². The Morgan fingerprint density at radius 3 is 2.55 bits per heavy atom. The molecule has 0 radical (unpaired) electrons. The van der Waals surface area contributed by atoms with E-state index < -0.39 is 11.9 Å². The fourth-order valence-corrected chi connectivity index (χ4v) is 4.30. The van der Waals surface area contributed by atoms with Crippen LogP contribution in [0.15, 0.2) is 70.0 Å². The van der Waals surface area contributed by atoms with Crippen LogP contribution in [0.4, 0.5) is 0 Å². The van der Waals surface area contributed by atoms with Crippen LogP contribution in [0.3, 0.4) is 0 Å². The molecule has 0 aromatic heterocycles. The summed E-state index contributed by atoms with van der Waals surface area (Å²) in [6.45, 7) is 9.40. The van der Waals surface area contributed by atoms with Gasteiger partial charge in [-0.15, -0.1) is 0 Å². The second-order valence-electron chi connectivity index (χ2n) is 7.54. The van der Waals surface area contributed by atoms with Crippen molar-refractivity contribution in [1.82, 2.24) is 5.32 Å². The van der Waals surface area contributed by atoms with Crippen molar-refractivity contribution in [2.45, 2.75) is 36.5 Å². The third-order valence-corrected chi connectivity index (χ3v) is 6.03. The molecule has 158 valence electrons. The average molecular weight is 433 g/mol. The van der Waals surface area contributed by atoms with E-state index in [4.69, 9.17) is 4.74 Å². The lowest BCUT2D eigenvalue weighted by Crippen LogP contribution is -2.30. The van der Waals surface area contributed by atoms with Crippen molar-refractivity contribution < 1.29 is 14.3 Å². The maximum atomic E-state index is 12.9. The molecule has 2 aromatic carbocycles. The zero-order valence-corrected chi connectivity index (χ0v) is 18.6. The fraction of sp³-hybridized carbons (Fsp3) is 0.240. The van der Waals surface area contributed by atoms with Gasteiger partial charge >= 0.3 is 5.97 Å². The Morgan fingerprint density at radius 2 is 1.87 bits per heavy atom. The minimum absolute atomic E-state index is 0.00595. The number of carbonyl (C=O) groups is 2. The molecule has 0 spiro atoms. The predicted octanol–water partition coefficient (Wildman–Crippen LogP) is 4.84. The van der Waals surface area contributed by atoms with Crippen LogP contribution in [0.25, 0.3) is 5.57 Å². The second kappa shape index (κ2) is 9.67. The molecule has 2 aromatic rings. The van der Waals surface area contributed by atoms with Crippen molar-refractivity contribution in [3.63, 3.8) is 0 Å².